The third-order valence-electron chi connectivity index (χ3n) is 1.92. The molecule has 0 aromatic heterocycles. The van der Waals surface area contributed by atoms with E-state index in [0.717, 1.165) is 0 Å². The van der Waals surface area contributed by atoms with Crippen LogP contribution in [0.5, 0.6) is 0 Å². The minimum atomic E-state index is -3.94. The van der Waals surface area contributed by atoms with Crippen LogP contribution in [-0.2, 0) is 14.9 Å². The van der Waals surface area contributed by atoms with Crippen molar-refractivity contribution >= 4 is 16.3 Å². The van der Waals surface area contributed by atoms with E-state index in [2.05, 4.69) is 9.46 Å². The Morgan fingerprint density at radius 2 is 1.83 bits per heavy atom. The van der Waals surface area contributed by atoms with Crippen molar-refractivity contribution in [2.75, 3.05) is 6.54 Å². The number of hydrogen-bond donors (Lipinski definition) is 3. The van der Waals surface area contributed by atoms with Gasteiger partial charge in [0.15, 0.2) is 0 Å². The summed E-state index contributed by atoms with van der Waals surface area (Å²) in [6.07, 6.45) is -0.796. The van der Waals surface area contributed by atoms with Gasteiger partial charge in [-0.25, -0.2) is 9.52 Å². The van der Waals surface area contributed by atoms with E-state index in [1.165, 1.54) is 0 Å². The van der Waals surface area contributed by atoms with Gasteiger partial charge in [-0.2, -0.15) is 13.1 Å². The molecule has 0 fully saturated rings. The molecule has 1 atom stereocenters. The predicted molar refractivity (Wildman–Crippen MR) is 69.1 cm³/mol. The molecule has 4 N–H and O–H groups in total. The van der Waals surface area contributed by atoms with Gasteiger partial charge in [0.1, 0.15) is 0 Å². The van der Waals surface area contributed by atoms with E-state index in [0.29, 0.717) is 12.3 Å². The Hall–Kier alpha value is -0.860. The maximum Gasteiger partial charge on any atom is 0.422 e. The summed E-state index contributed by atoms with van der Waals surface area (Å²) in [4.78, 5) is 11.2. The number of ether oxygens (including phenoxy) is 1. The minimum absolute atomic E-state index is 0.165. The van der Waals surface area contributed by atoms with E-state index in [1.54, 1.807) is 18.6 Å². The number of nitrogens with two attached hydrogens (primary N) is 1. The molecule has 0 aromatic carbocycles. The van der Waals surface area contributed by atoms with Crippen LogP contribution in [0.3, 0.4) is 0 Å². The molecule has 0 spiro atoms. The standard InChI is InChI=1S/C10H23N3O4S/c1-7(2)5-9(6-11)12-18(15,16)13-10(14)17-8(3)4/h7-9,12H,5-6,11H2,1-4H3,(H,13,14). The maximum absolute atomic E-state index is 11.6. The summed E-state index contributed by atoms with van der Waals surface area (Å²) in [5.74, 6) is 0.295. The van der Waals surface area contributed by atoms with Crippen molar-refractivity contribution in [3.8, 4) is 0 Å². The van der Waals surface area contributed by atoms with Gasteiger partial charge in [0.05, 0.1) is 6.10 Å². The number of carbonyl (C=O) groups excluding carboxylic acids is 1. The second kappa shape index (κ2) is 7.55. The van der Waals surface area contributed by atoms with Crippen LogP contribution in [0.15, 0.2) is 0 Å². The normalized spacial score (nSPS) is 13.7. The lowest BCUT2D eigenvalue weighted by molar-refractivity contribution is 0.121. The van der Waals surface area contributed by atoms with Gasteiger partial charge < -0.3 is 10.5 Å². The molecule has 0 bridgehead atoms. The minimum Gasteiger partial charge on any atom is -0.446 e. The summed E-state index contributed by atoms with van der Waals surface area (Å²) < 4.78 is 32.0. The molecule has 0 saturated heterocycles. The second-order valence-electron chi connectivity index (χ2n) is 4.74. The van der Waals surface area contributed by atoms with Gasteiger partial charge in [-0.05, 0) is 26.2 Å². The highest BCUT2D eigenvalue weighted by Crippen LogP contribution is 2.04. The average molecular weight is 281 g/mol. The largest absolute Gasteiger partial charge is 0.446 e. The zero-order chi connectivity index (χ0) is 14.3. The lowest BCUT2D eigenvalue weighted by Crippen LogP contribution is -2.48. The number of rotatable bonds is 7. The second-order valence-corrected chi connectivity index (χ2v) is 6.19. The lowest BCUT2D eigenvalue weighted by atomic mass is 10.1. The fourth-order valence-electron chi connectivity index (χ4n) is 1.36. The smallest absolute Gasteiger partial charge is 0.422 e. The molecule has 0 heterocycles. The SMILES string of the molecule is CC(C)CC(CN)NS(=O)(=O)NC(=O)OC(C)C. The van der Waals surface area contributed by atoms with E-state index in [-0.39, 0.29) is 12.6 Å². The first-order chi connectivity index (χ1) is 8.16. The number of carbonyl (C=O) groups is 1. The van der Waals surface area contributed by atoms with Crippen molar-refractivity contribution in [1.29, 1.82) is 0 Å². The Morgan fingerprint density at radius 3 is 2.22 bits per heavy atom. The highest BCUT2D eigenvalue weighted by Gasteiger charge is 2.20. The molecule has 18 heavy (non-hydrogen) atoms. The summed E-state index contributed by atoms with van der Waals surface area (Å²) in [7, 11) is -3.94. The van der Waals surface area contributed by atoms with Crippen LogP contribution < -0.4 is 15.2 Å². The van der Waals surface area contributed by atoms with E-state index >= 15 is 0 Å². The summed E-state index contributed by atoms with van der Waals surface area (Å²) in [5.41, 5.74) is 5.47. The number of nitrogens with one attached hydrogen (secondary N) is 2. The van der Waals surface area contributed by atoms with Crippen molar-refractivity contribution in [2.45, 2.75) is 46.3 Å². The fraction of sp³-hybridized carbons (Fsp3) is 0.900. The predicted octanol–water partition coefficient (Wildman–Crippen LogP) is 0.329. The Morgan fingerprint density at radius 1 is 1.28 bits per heavy atom. The molecule has 8 heteroatoms. The summed E-state index contributed by atoms with van der Waals surface area (Å²) in [6, 6.07) is -0.408. The van der Waals surface area contributed by atoms with Gasteiger partial charge >= 0.3 is 16.3 Å². The van der Waals surface area contributed by atoms with Crippen LogP contribution in [-0.4, -0.2) is 33.2 Å². The van der Waals surface area contributed by atoms with Gasteiger partial charge in [0.25, 0.3) is 0 Å². The van der Waals surface area contributed by atoms with Gasteiger partial charge in [-0.1, -0.05) is 13.8 Å². The molecule has 0 aliphatic carbocycles. The first kappa shape index (κ1) is 17.1. The molecular weight excluding hydrogens is 258 g/mol. The molecular formula is C10H23N3O4S. The van der Waals surface area contributed by atoms with Crippen molar-refractivity contribution in [3.63, 3.8) is 0 Å². The Kier molecular flexibility index (Phi) is 7.19. The first-order valence-electron chi connectivity index (χ1n) is 5.87. The van der Waals surface area contributed by atoms with Gasteiger partial charge in [-0.15, -0.1) is 0 Å². The molecule has 108 valence electrons. The molecule has 0 saturated carbocycles. The first-order valence-corrected chi connectivity index (χ1v) is 7.35. The van der Waals surface area contributed by atoms with E-state index in [1.807, 2.05) is 13.8 Å². The fourth-order valence-corrected chi connectivity index (χ4v) is 2.32. The van der Waals surface area contributed by atoms with Crippen LogP contribution in [0, 0.1) is 5.92 Å². The highest BCUT2D eigenvalue weighted by molar-refractivity contribution is 7.88. The lowest BCUT2D eigenvalue weighted by Gasteiger charge is -2.19. The Labute approximate surface area is 109 Å². The Bertz CT molecular complexity index is 354. The molecule has 0 radical (unpaired) electrons. The highest BCUT2D eigenvalue weighted by atomic mass is 32.2. The van der Waals surface area contributed by atoms with Gasteiger partial charge in [-0.3, -0.25) is 0 Å². The molecule has 1 amide bonds. The summed E-state index contributed by atoms with van der Waals surface area (Å²) in [5, 5.41) is 0. The van der Waals surface area contributed by atoms with Crippen molar-refractivity contribution in [3.05, 3.63) is 0 Å². The maximum atomic E-state index is 11.6. The van der Waals surface area contributed by atoms with Crippen molar-refractivity contribution < 1.29 is 17.9 Å². The number of amides is 1. The molecule has 0 rings (SSSR count). The molecule has 0 aliphatic heterocycles. The molecule has 0 aliphatic rings. The summed E-state index contributed by atoms with van der Waals surface area (Å²) in [6.45, 7) is 7.33. The van der Waals surface area contributed by atoms with Crippen LogP contribution >= 0.6 is 0 Å². The van der Waals surface area contributed by atoms with Crippen LogP contribution in [0.25, 0.3) is 0 Å². The topological polar surface area (TPSA) is 111 Å². The number of hydrogen-bond acceptors (Lipinski definition) is 5. The Balaban J connectivity index is 4.41. The van der Waals surface area contributed by atoms with Gasteiger partial charge in [0.2, 0.25) is 0 Å². The zero-order valence-electron chi connectivity index (χ0n) is 11.3. The monoisotopic (exact) mass is 281 g/mol. The van der Waals surface area contributed by atoms with Crippen LogP contribution in [0.1, 0.15) is 34.1 Å². The van der Waals surface area contributed by atoms with Crippen LogP contribution in [0.4, 0.5) is 4.79 Å². The average Bonchev–Trinajstić information content (AvgIpc) is 2.12. The zero-order valence-corrected chi connectivity index (χ0v) is 12.1. The van der Waals surface area contributed by atoms with E-state index in [9.17, 15) is 13.2 Å². The quantitative estimate of drug-likeness (QED) is 0.623. The molecule has 1 unspecified atom stereocenters. The van der Waals surface area contributed by atoms with Crippen LogP contribution in [0.2, 0.25) is 0 Å². The third-order valence-corrected chi connectivity index (χ3v) is 3.00. The van der Waals surface area contributed by atoms with Crippen molar-refractivity contribution in [2.24, 2.45) is 11.7 Å². The van der Waals surface area contributed by atoms with E-state index < -0.39 is 22.3 Å². The third kappa shape index (κ3) is 8.26. The summed E-state index contributed by atoms with van der Waals surface area (Å²) >= 11 is 0. The van der Waals surface area contributed by atoms with Gasteiger partial charge in [0, 0.05) is 12.6 Å². The van der Waals surface area contributed by atoms with E-state index in [4.69, 9.17) is 5.73 Å². The molecule has 7 nitrogen and oxygen atoms in total. The van der Waals surface area contributed by atoms with Crippen molar-refractivity contribution in [1.82, 2.24) is 9.44 Å². The molecule has 0 aromatic rings.